The van der Waals surface area contributed by atoms with E-state index in [0.29, 0.717) is 17.2 Å². The molecular formula is C16H22ClNO. The summed E-state index contributed by atoms with van der Waals surface area (Å²) in [7, 11) is 0. The number of piperidine rings is 1. The predicted octanol–water partition coefficient (Wildman–Crippen LogP) is 3.16. The third kappa shape index (κ3) is 1.73. The van der Waals surface area contributed by atoms with Gasteiger partial charge in [0.1, 0.15) is 5.75 Å². The topological polar surface area (TPSA) is 32.3 Å². The van der Waals surface area contributed by atoms with E-state index in [1.165, 1.54) is 43.2 Å². The molecule has 2 bridgehead atoms. The van der Waals surface area contributed by atoms with E-state index in [-0.39, 0.29) is 12.4 Å². The summed E-state index contributed by atoms with van der Waals surface area (Å²) in [6, 6.07) is 6.78. The first-order valence-corrected chi connectivity index (χ1v) is 7.36. The zero-order valence-corrected chi connectivity index (χ0v) is 12.0. The van der Waals surface area contributed by atoms with E-state index < -0.39 is 0 Å². The normalized spacial score (nSPS) is 35.8. The molecule has 1 aromatic carbocycles. The molecule has 104 valence electrons. The van der Waals surface area contributed by atoms with Crippen molar-refractivity contribution in [3.05, 3.63) is 29.3 Å². The number of fused-ring (bicyclic) bond motifs is 1. The van der Waals surface area contributed by atoms with Crippen molar-refractivity contribution in [3.8, 4) is 5.75 Å². The SMILES string of the molecule is Cl.Oc1cccc2c1C[C@H]1NCC[C@@]23CCCC[C@@H]13. The summed E-state index contributed by atoms with van der Waals surface area (Å²) in [6.07, 6.45) is 7.72. The van der Waals surface area contributed by atoms with E-state index >= 15 is 0 Å². The van der Waals surface area contributed by atoms with Crippen molar-refractivity contribution >= 4 is 12.4 Å². The monoisotopic (exact) mass is 279 g/mol. The summed E-state index contributed by atoms with van der Waals surface area (Å²) in [5, 5.41) is 13.9. The third-order valence-electron chi connectivity index (χ3n) is 5.67. The molecule has 1 aliphatic heterocycles. The van der Waals surface area contributed by atoms with Crippen molar-refractivity contribution in [2.45, 2.75) is 50.0 Å². The van der Waals surface area contributed by atoms with Crippen molar-refractivity contribution in [3.63, 3.8) is 0 Å². The Morgan fingerprint density at radius 2 is 2.11 bits per heavy atom. The standard InChI is InChI=1S/C16H21NO.ClH/c18-15-6-3-5-12-11(15)10-14-13-4-1-2-7-16(12,13)8-9-17-14;/h3,5-6,13-14,17-18H,1-2,4,7-10H2;1H/t13-,14+,16-;/m0./s1. The largest absolute Gasteiger partial charge is 0.508 e. The number of aromatic hydroxyl groups is 1. The number of nitrogens with one attached hydrogen (secondary N) is 1. The van der Waals surface area contributed by atoms with E-state index in [4.69, 9.17) is 0 Å². The molecule has 0 radical (unpaired) electrons. The fourth-order valence-electron chi connectivity index (χ4n) is 4.95. The lowest BCUT2D eigenvalue weighted by molar-refractivity contribution is 0.0789. The molecule has 1 saturated heterocycles. The Labute approximate surface area is 121 Å². The summed E-state index contributed by atoms with van der Waals surface area (Å²) in [5.41, 5.74) is 3.08. The molecule has 19 heavy (non-hydrogen) atoms. The molecule has 0 spiro atoms. The first-order chi connectivity index (χ1) is 8.81. The highest BCUT2D eigenvalue weighted by molar-refractivity contribution is 5.85. The van der Waals surface area contributed by atoms with Gasteiger partial charge in [0.2, 0.25) is 0 Å². The molecule has 1 saturated carbocycles. The Bertz CT molecular complexity index is 486. The number of hydrogen-bond donors (Lipinski definition) is 2. The van der Waals surface area contributed by atoms with Crippen LogP contribution in [0.15, 0.2) is 18.2 Å². The molecule has 2 N–H and O–H groups in total. The second-order valence-corrected chi connectivity index (χ2v) is 6.33. The van der Waals surface area contributed by atoms with Crippen LogP contribution >= 0.6 is 12.4 Å². The highest BCUT2D eigenvalue weighted by atomic mass is 35.5. The lowest BCUT2D eigenvalue weighted by Gasteiger charge is -2.56. The smallest absolute Gasteiger partial charge is 0.119 e. The fraction of sp³-hybridized carbons (Fsp3) is 0.625. The minimum absolute atomic E-state index is 0. The van der Waals surface area contributed by atoms with E-state index in [9.17, 15) is 5.11 Å². The van der Waals surface area contributed by atoms with Crippen LogP contribution in [0.2, 0.25) is 0 Å². The van der Waals surface area contributed by atoms with Gasteiger partial charge in [0.25, 0.3) is 0 Å². The third-order valence-corrected chi connectivity index (χ3v) is 5.67. The molecular weight excluding hydrogens is 258 g/mol. The van der Waals surface area contributed by atoms with Crippen LogP contribution in [-0.4, -0.2) is 17.7 Å². The van der Waals surface area contributed by atoms with E-state index in [2.05, 4.69) is 11.4 Å². The van der Waals surface area contributed by atoms with Crippen molar-refractivity contribution in [2.75, 3.05) is 6.54 Å². The van der Waals surface area contributed by atoms with Gasteiger partial charge in [-0.25, -0.2) is 0 Å². The van der Waals surface area contributed by atoms with Crippen molar-refractivity contribution in [2.24, 2.45) is 5.92 Å². The maximum absolute atomic E-state index is 10.2. The summed E-state index contributed by atoms with van der Waals surface area (Å²) in [4.78, 5) is 0. The molecule has 2 aliphatic carbocycles. The summed E-state index contributed by atoms with van der Waals surface area (Å²) in [5.74, 6) is 1.32. The zero-order valence-electron chi connectivity index (χ0n) is 11.2. The number of hydrogen-bond acceptors (Lipinski definition) is 2. The number of phenolic OH excluding ortho intramolecular Hbond substituents is 1. The van der Waals surface area contributed by atoms with Gasteiger partial charge in [-0.2, -0.15) is 0 Å². The average molecular weight is 280 g/mol. The molecule has 3 atom stereocenters. The number of benzene rings is 1. The van der Waals surface area contributed by atoms with Gasteiger partial charge in [-0.1, -0.05) is 25.0 Å². The molecule has 4 rings (SSSR count). The van der Waals surface area contributed by atoms with Crippen LogP contribution in [0.5, 0.6) is 5.75 Å². The maximum Gasteiger partial charge on any atom is 0.119 e. The fourth-order valence-corrected chi connectivity index (χ4v) is 4.95. The molecule has 1 heterocycles. The van der Waals surface area contributed by atoms with Crippen LogP contribution in [-0.2, 0) is 11.8 Å². The predicted molar refractivity (Wildman–Crippen MR) is 79.1 cm³/mol. The Kier molecular flexibility index (Phi) is 3.26. The van der Waals surface area contributed by atoms with Crippen LogP contribution in [0.25, 0.3) is 0 Å². The van der Waals surface area contributed by atoms with Gasteiger partial charge < -0.3 is 10.4 Å². The molecule has 3 heteroatoms. The van der Waals surface area contributed by atoms with Gasteiger partial charge in [0.05, 0.1) is 0 Å². The lowest BCUT2D eigenvalue weighted by atomic mass is 9.53. The van der Waals surface area contributed by atoms with Gasteiger partial charge in [-0.15, -0.1) is 12.4 Å². The minimum Gasteiger partial charge on any atom is -0.508 e. The van der Waals surface area contributed by atoms with Gasteiger partial charge in [0, 0.05) is 11.5 Å². The van der Waals surface area contributed by atoms with Crippen molar-refractivity contribution < 1.29 is 5.11 Å². The van der Waals surface area contributed by atoms with Gasteiger partial charge in [0.15, 0.2) is 0 Å². The first-order valence-electron chi connectivity index (χ1n) is 7.36. The van der Waals surface area contributed by atoms with E-state index in [1.807, 2.05) is 12.1 Å². The summed E-state index contributed by atoms with van der Waals surface area (Å²) >= 11 is 0. The van der Waals surface area contributed by atoms with Gasteiger partial charge in [-0.05, 0) is 55.3 Å². The van der Waals surface area contributed by atoms with E-state index in [1.54, 1.807) is 0 Å². The van der Waals surface area contributed by atoms with Gasteiger partial charge in [-0.3, -0.25) is 0 Å². The van der Waals surface area contributed by atoms with E-state index in [0.717, 1.165) is 18.9 Å². The van der Waals surface area contributed by atoms with Crippen molar-refractivity contribution in [1.82, 2.24) is 5.32 Å². The second-order valence-electron chi connectivity index (χ2n) is 6.33. The molecule has 0 unspecified atom stereocenters. The number of rotatable bonds is 0. The highest BCUT2D eigenvalue weighted by Crippen LogP contribution is 2.54. The Morgan fingerprint density at radius 3 is 3.00 bits per heavy atom. The van der Waals surface area contributed by atoms with Crippen LogP contribution in [0.4, 0.5) is 0 Å². The van der Waals surface area contributed by atoms with Crippen LogP contribution < -0.4 is 5.32 Å². The van der Waals surface area contributed by atoms with Crippen LogP contribution in [0, 0.1) is 5.92 Å². The summed E-state index contributed by atoms with van der Waals surface area (Å²) in [6.45, 7) is 1.15. The second kappa shape index (κ2) is 4.68. The van der Waals surface area contributed by atoms with Gasteiger partial charge >= 0.3 is 0 Å². The van der Waals surface area contributed by atoms with Crippen molar-refractivity contribution in [1.29, 1.82) is 0 Å². The highest BCUT2D eigenvalue weighted by Gasteiger charge is 2.51. The first kappa shape index (κ1) is 13.3. The maximum atomic E-state index is 10.2. The zero-order chi connectivity index (χ0) is 12.2. The molecule has 0 amide bonds. The molecule has 2 nitrogen and oxygen atoms in total. The Balaban J connectivity index is 0.00000110. The minimum atomic E-state index is 0. The molecule has 2 fully saturated rings. The van der Waals surface area contributed by atoms with Crippen LogP contribution in [0.1, 0.15) is 43.2 Å². The number of halogens is 1. The average Bonchev–Trinajstić information content (AvgIpc) is 2.40. The summed E-state index contributed by atoms with van der Waals surface area (Å²) < 4.78 is 0. The number of phenols is 1. The Morgan fingerprint density at radius 1 is 1.21 bits per heavy atom. The quantitative estimate of drug-likeness (QED) is 0.765. The Hall–Kier alpha value is -0.730. The molecule has 1 aromatic rings. The lowest BCUT2D eigenvalue weighted by Crippen LogP contribution is -2.59. The van der Waals surface area contributed by atoms with Crippen LogP contribution in [0.3, 0.4) is 0 Å². The molecule has 0 aromatic heterocycles. The molecule has 3 aliphatic rings.